The van der Waals surface area contributed by atoms with Gasteiger partial charge in [0.25, 0.3) is 0 Å². The minimum Gasteiger partial charge on any atom is -0.456 e. The molecular formula is C56H39NO. The molecular weight excluding hydrogens is 703 g/mol. The Balaban J connectivity index is 0.983. The summed E-state index contributed by atoms with van der Waals surface area (Å²) in [5.74, 6) is 0. The van der Waals surface area contributed by atoms with E-state index >= 15 is 0 Å². The summed E-state index contributed by atoms with van der Waals surface area (Å²) in [5.41, 5.74) is 18.3. The summed E-state index contributed by atoms with van der Waals surface area (Å²) in [4.78, 5) is 2.32. The Morgan fingerprint density at radius 3 is 1.22 bits per heavy atom. The van der Waals surface area contributed by atoms with E-state index in [1.54, 1.807) is 0 Å². The van der Waals surface area contributed by atoms with E-state index < -0.39 is 0 Å². The molecule has 0 bridgehead atoms. The molecule has 1 aliphatic carbocycles. The summed E-state index contributed by atoms with van der Waals surface area (Å²) >= 11 is 0. The van der Waals surface area contributed by atoms with Crippen molar-refractivity contribution in [3.05, 3.63) is 235 Å². The SMILES string of the molecule is CC1(c2ccc3c(c2)oc2cc(N(c4ccc(-c5ccccc5)cc4)c4ccc(-c5ccc(-c6ccccc6)cc5)cc4)ccc23)c2ccccc2-c2ccccc21. The molecule has 0 fully saturated rings. The summed E-state index contributed by atoms with van der Waals surface area (Å²) in [7, 11) is 0. The zero-order chi connectivity index (χ0) is 38.6. The highest BCUT2D eigenvalue weighted by atomic mass is 16.3. The van der Waals surface area contributed by atoms with Crippen LogP contribution in [0.1, 0.15) is 23.6 Å². The number of hydrogen-bond acceptors (Lipinski definition) is 2. The van der Waals surface area contributed by atoms with Crippen molar-refractivity contribution >= 4 is 39.0 Å². The second kappa shape index (κ2) is 13.7. The van der Waals surface area contributed by atoms with Crippen LogP contribution in [0.2, 0.25) is 0 Å². The molecule has 0 spiro atoms. The fourth-order valence-corrected chi connectivity index (χ4v) is 9.15. The molecule has 0 N–H and O–H groups in total. The number of furan rings is 1. The summed E-state index contributed by atoms with van der Waals surface area (Å²) in [6.07, 6.45) is 0. The van der Waals surface area contributed by atoms with Crippen molar-refractivity contribution in [2.75, 3.05) is 4.90 Å². The number of nitrogens with zero attached hydrogens (tertiary/aromatic N) is 1. The third-order valence-corrected chi connectivity index (χ3v) is 12.2. The lowest BCUT2D eigenvalue weighted by Crippen LogP contribution is -2.22. The van der Waals surface area contributed by atoms with Crippen molar-refractivity contribution in [1.29, 1.82) is 0 Å². The molecule has 0 amide bonds. The highest BCUT2D eigenvalue weighted by molar-refractivity contribution is 6.06. The quantitative estimate of drug-likeness (QED) is 0.162. The molecule has 0 saturated heterocycles. The molecule has 1 aromatic heterocycles. The highest BCUT2D eigenvalue weighted by Crippen LogP contribution is 2.53. The van der Waals surface area contributed by atoms with Crippen LogP contribution in [0.15, 0.2) is 223 Å². The average Bonchev–Trinajstić information content (AvgIpc) is 3.80. The summed E-state index contributed by atoms with van der Waals surface area (Å²) < 4.78 is 6.80. The lowest BCUT2D eigenvalue weighted by atomic mass is 9.74. The number of anilines is 3. The predicted molar refractivity (Wildman–Crippen MR) is 242 cm³/mol. The van der Waals surface area contributed by atoms with E-state index in [1.165, 1.54) is 61.2 Å². The molecule has 0 atom stereocenters. The summed E-state index contributed by atoms with van der Waals surface area (Å²) in [5, 5.41) is 2.23. The van der Waals surface area contributed by atoms with Gasteiger partial charge in [0.05, 0.1) is 0 Å². The Morgan fingerprint density at radius 2 is 0.724 bits per heavy atom. The average molecular weight is 742 g/mol. The smallest absolute Gasteiger partial charge is 0.137 e. The van der Waals surface area contributed by atoms with E-state index in [0.29, 0.717) is 0 Å². The molecule has 1 aliphatic rings. The molecule has 0 aliphatic heterocycles. The molecule has 0 saturated carbocycles. The van der Waals surface area contributed by atoms with E-state index in [-0.39, 0.29) is 5.41 Å². The number of rotatable bonds is 7. The second-order valence-electron chi connectivity index (χ2n) is 15.4. The van der Waals surface area contributed by atoms with Gasteiger partial charge in [-0.2, -0.15) is 0 Å². The molecule has 10 aromatic rings. The van der Waals surface area contributed by atoms with Gasteiger partial charge in [-0.3, -0.25) is 0 Å². The van der Waals surface area contributed by atoms with Crippen LogP contribution >= 0.6 is 0 Å². The largest absolute Gasteiger partial charge is 0.456 e. The summed E-state index contributed by atoms with van der Waals surface area (Å²) in [6, 6.07) is 78.7. The number of benzene rings is 9. The maximum Gasteiger partial charge on any atom is 0.137 e. The van der Waals surface area contributed by atoms with Gasteiger partial charge in [-0.1, -0.05) is 170 Å². The van der Waals surface area contributed by atoms with Crippen molar-refractivity contribution in [2.45, 2.75) is 12.3 Å². The minimum absolute atomic E-state index is 0.287. The van der Waals surface area contributed by atoms with Crippen LogP contribution in [0, 0.1) is 0 Å². The lowest BCUT2D eigenvalue weighted by molar-refractivity contribution is 0.662. The molecule has 58 heavy (non-hydrogen) atoms. The van der Waals surface area contributed by atoms with Crippen LogP contribution in [-0.4, -0.2) is 0 Å². The first-order valence-electron chi connectivity index (χ1n) is 20.0. The van der Waals surface area contributed by atoms with Gasteiger partial charge in [0.2, 0.25) is 0 Å². The highest BCUT2D eigenvalue weighted by Gasteiger charge is 2.40. The normalized spacial score (nSPS) is 12.7. The van der Waals surface area contributed by atoms with Gasteiger partial charge in [0, 0.05) is 39.3 Å². The Kier molecular flexibility index (Phi) is 7.97. The third kappa shape index (κ3) is 5.56. The van der Waals surface area contributed by atoms with Gasteiger partial charge in [-0.15, -0.1) is 0 Å². The summed E-state index contributed by atoms with van der Waals surface area (Å²) in [6.45, 7) is 2.35. The second-order valence-corrected chi connectivity index (χ2v) is 15.4. The van der Waals surface area contributed by atoms with Crippen molar-refractivity contribution < 1.29 is 4.42 Å². The zero-order valence-electron chi connectivity index (χ0n) is 32.1. The van der Waals surface area contributed by atoms with E-state index in [0.717, 1.165) is 39.0 Å². The molecule has 11 rings (SSSR count). The lowest BCUT2D eigenvalue weighted by Gasteiger charge is -2.28. The van der Waals surface area contributed by atoms with Gasteiger partial charge in [-0.25, -0.2) is 0 Å². The molecule has 2 heteroatoms. The predicted octanol–water partition coefficient (Wildman–Crippen LogP) is 15.4. The van der Waals surface area contributed by atoms with Crippen LogP contribution in [0.25, 0.3) is 66.4 Å². The topological polar surface area (TPSA) is 16.4 Å². The first kappa shape index (κ1) is 33.9. The zero-order valence-corrected chi connectivity index (χ0v) is 32.1. The Labute approximate surface area is 338 Å². The third-order valence-electron chi connectivity index (χ3n) is 12.2. The van der Waals surface area contributed by atoms with Crippen molar-refractivity contribution in [3.63, 3.8) is 0 Å². The van der Waals surface area contributed by atoms with Crippen molar-refractivity contribution in [3.8, 4) is 44.5 Å². The van der Waals surface area contributed by atoms with Crippen molar-refractivity contribution in [1.82, 2.24) is 0 Å². The standard InChI is InChI=1S/C56H39NO/c1-56(52-18-10-8-16-48(52)49-17-9-11-19-53(49)56)44-28-34-50-51-35-33-47(37-55(51)58-54(50)36-44)57(45-29-24-42(25-30-45)39-14-6-3-7-15-39)46-31-26-43(27-32-46)41-22-20-40(21-23-41)38-12-4-2-5-13-38/h2-37H,1H3. The van der Waals surface area contributed by atoms with Crippen LogP contribution < -0.4 is 4.90 Å². The fraction of sp³-hybridized carbons (Fsp3) is 0.0357. The fourth-order valence-electron chi connectivity index (χ4n) is 9.15. The first-order chi connectivity index (χ1) is 28.6. The van der Waals surface area contributed by atoms with Crippen LogP contribution in [0.5, 0.6) is 0 Å². The van der Waals surface area contributed by atoms with E-state index in [2.05, 4.69) is 230 Å². The maximum absolute atomic E-state index is 6.80. The molecule has 274 valence electrons. The van der Waals surface area contributed by atoms with E-state index in [1.807, 2.05) is 0 Å². The Hall–Kier alpha value is -7.42. The first-order valence-corrected chi connectivity index (χ1v) is 20.0. The molecule has 1 heterocycles. The number of hydrogen-bond donors (Lipinski definition) is 0. The molecule has 9 aromatic carbocycles. The number of fused-ring (bicyclic) bond motifs is 6. The molecule has 0 radical (unpaired) electrons. The van der Waals surface area contributed by atoms with Crippen LogP contribution in [-0.2, 0) is 5.41 Å². The van der Waals surface area contributed by atoms with E-state index in [4.69, 9.17) is 4.42 Å². The van der Waals surface area contributed by atoms with Gasteiger partial charge in [-0.05, 0) is 111 Å². The Bertz CT molecular complexity index is 3040. The van der Waals surface area contributed by atoms with Gasteiger partial charge in [0.15, 0.2) is 0 Å². The van der Waals surface area contributed by atoms with Crippen LogP contribution in [0.3, 0.4) is 0 Å². The molecule has 2 nitrogen and oxygen atoms in total. The monoisotopic (exact) mass is 741 g/mol. The van der Waals surface area contributed by atoms with Crippen LogP contribution in [0.4, 0.5) is 17.1 Å². The van der Waals surface area contributed by atoms with E-state index in [9.17, 15) is 0 Å². The van der Waals surface area contributed by atoms with Gasteiger partial charge in [0.1, 0.15) is 11.2 Å². The molecule has 0 unspecified atom stereocenters. The van der Waals surface area contributed by atoms with Crippen molar-refractivity contribution in [2.24, 2.45) is 0 Å². The Morgan fingerprint density at radius 1 is 0.345 bits per heavy atom. The van der Waals surface area contributed by atoms with Gasteiger partial charge < -0.3 is 9.32 Å². The van der Waals surface area contributed by atoms with Gasteiger partial charge >= 0.3 is 0 Å². The maximum atomic E-state index is 6.80. The minimum atomic E-state index is -0.287.